The Kier molecular flexibility index (Phi) is 3.05. The second-order valence-corrected chi connectivity index (χ2v) is 3.57. The van der Waals surface area contributed by atoms with Gasteiger partial charge in [-0.1, -0.05) is 0 Å². The summed E-state index contributed by atoms with van der Waals surface area (Å²) in [4.78, 5) is 13.4. The van der Waals surface area contributed by atoms with E-state index in [1.54, 1.807) is 4.90 Å². The summed E-state index contributed by atoms with van der Waals surface area (Å²) in [6.45, 7) is 1.90. The maximum absolute atomic E-state index is 13.4. The van der Waals surface area contributed by atoms with Crippen molar-refractivity contribution in [2.24, 2.45) is 0 Å². The average Bonchev–Trinajstić information content (AvgIpc) is 2.29. The average molecular weight is 225 g/mol. The van der Waals surface area contributed by atoms with E-state index in [0.717, 1.165) is 6.07 Å². The smallest absolute Gasteiger partial charge is 0.256 e. The number of carbonyl (C=O) groups excluding carboxylic acids is 1. The lowest BCUT2D eigenvalue weighted by atomic mass is 10.1. The van der Waals surface area contributed by atoms with Crippen molar-refractivity contribution in [3.63, 3.8) is 0 Å². The molecule has 0 spiro atoms. The molecular weight excluding hydrogens is 213 g/mol. The van der Waals surface area contributed by atoms with Gasteiger partial charge in [0.15, 0.2) is 0 Å². The molecule has 1 fully saturated rings. The van der Waals surface area contributed by atoms with E-state index in [4.69, 9.17) is 9.84 Å². The zero-order valence-corrected chi connectivity index (χ0v) is 8.65. The Labute approximate surface area is 92.2 Å². The van der Waals surface area contributed by atoms with Crippen molar-refractivity contribution < 1.29 is 19.0 Å². The largest absolute Gasteiger partial charge is 0.508 e. The van der Waals surface area contributed by atoms with Crippen LogP contribution in [0.15, 0.2) is 18.2 Å². The van der Waals surface area contributed by atoms with Crippen LogP contribution in [-0.4, -0.2) is 42.2 Å². The molecule has 1 N–H and O–H groups in total. The number of aromatic hydroxyl groups is 1. The Morgan fingerprint density at radius 3 is 2.69 bits per heavy atom. The van der Waals surface area contributed by atoms with E-state index in [0.29, 0.717) is 26.3 Å². The van der Waals surface area contributed by atoms with Gasteiger partial charge in [-0.25, -0.2) is 4.39 Å². The third-order valence-corrected chi connectivity index (χ3v) is 2.48. The first-order chi connectivity index (χ1) is 7.68. The number of hydrogen-bond donors (Lipinski definition) is 1. The lowest BCUT2D eigenvalue weighted by Gasteiger charge is -2.26. The van der Waals surface area contributed by atoms with E-state index in [1.165, 1.54) is 12.1 Å². The minimum atomic E-state index is -0.698. The van der Waals surface area contributed by atoms with Gasteiger partial charge in [0, 0.05) is 19.2 Å². The highest BCUT2D eigenvalue weighted by atomic mass is 19.1. The molecule has 16 heavy (non-hydrogen) atoms. The summed E-state index contributed by atoms with van der Waals surface area (Å²) < 4.78 is 18.5. The number of phenols is 1. The van der Waals surface area contributed by atoms with Crippen LogP contribution in [0.3, 0.4) is 0 Å². The maximum atomic E-state index is 13.4. The van der Waals surface area contributed by atoms with E-state index >= 15 is 0 Å². The van der Waals surface area contributed by atoms with Crippen molar-refractivity contribution in [2.75, 3.05) is 26.3 Å². The molecular formula is C11H12FNO3. The van der Waals surface area contributed by atoms with E-state index in [9.17, 15) is 9.18 Å². The van der Waals surface area contributed by atoms with E-state index in [1.807, 2.05) is 0 Å². The highest BCUT2D eigenvalue weighted by Crippen LogP contribution is 2.17. The number of ether oxygens (including phenoxy) is 1. The van der Waals surface area contributed by atoms with Crippen molar-refractivity contribution in [3.05, 3.63) is 29.6 Å². The van der Waals surface area contributed by atoms with Crippen LogP contribution in [0.25, 0.3) is 0 Å². The van der Waals surface area contributed by atoms with Gasteiger partial charge in [-0.15, -0.1) is 0 Å². The van der Waals surface area contributed by atoms with Gasteiger partial charge in [-0.3, -0.25) is 4.79 Å². The van der Waals surface area contributed by atoms with Gasteiger partial charge in [0.1, 0.15) is 11.6 Å². The summed E-state index contributed by atoms with van der Waals surface area (Å²) in [7, 11) is 0. The standard InChI is InChI=1S/C11H12FNO3/c12-10-7-8(14)1-2-9(10)11(15)13-3-5-16-6-4-13/h1-2,7,14H,3-6H2. The summed E-state index contributed by atoms with van der Waals surface area (Å²) in [6.07, 6.45) is 0. The number of amides is 1. The van der Waals surface area contributed by atoms with E-state index in [-0.39, 0.29) is 17.2 Å². The molecule has 0 atom stereocenters. The van der Waals surface area contributed by atoms with Crippen molar-refractivity contribution in [1.29, 1.82) is 0 Å². The Bertz CT molecular complexity index is 402. The number of halogens is 1. The first-order valence-corrected chi connectivity index (χ1v) is 5.04. The molecule has 1 saturated heterocycles. The molecule has 1 aliphatic heterocycles. The Morgan fingerprint density at radius 2 is 2.06 bits per heavy atom. The SMILES string of the molecule is O=C(c1ccc(O)cc1F)N1CCOCC1. The molecule has 0 aromatic heterocycles. The molecule has 0 unspecified atom stereocenters. The Hall–Kier alpha value is -1.62. The molecule has 0 bridgehead atoms. The quantitative estimate of drug-likeness (QED) is 0.775. The van der Waals surface area contributed by atoms with Gasteiger partial charge in [0.25, 0.3) is 5.91 Å². The number of hydrogen-bond acceptors (Lipinski definition) is 3. The maximum Gasteiger partial charge on any atom is 0.256 e. The van der Waals surface area contributed by atoms with Crippen LogP contribution in [0.4, 0.5) is 4.39 Å². The van der Waals surface area contributed by atoms with Crippen LogP contribution in [0.2, 0.25) is 0 Å². The predicted octanol–water partition coefficient (Wildman–Crippen LogP) is 1.00. The molecule has 4 nitrogen and oxygen atoms in total. The summed E-state index contributed by atoms with van der Waals surface area (Å²) in [5.74, 6) is -1.24. The van der Waals surface area contributed by atoms with Crippen molar-refractivity contribution in [1.82, 2.24) is 4.90 Å². The van der Waals surface area contributed by atoms with Gasteiger partial charge in [-0.2, -0.15) is 0 Å². The molecule has 1 aromatic carbocycles. The molecule has 1 heterocycles. The fraction of sp³-hybridized carbons (Fsp3) is 0.364. The first kappa shape index (κ1) is 10.9. The molecule has 86 valence electrons. The van der Waals surface area contributed by atoms with Gasteiger partial charge >= 0.3 is 0 Å². The van der Waals surface area contributed by atoms with Gasteiger partial charge in [-0.05, 0) is 12.1 Å². The summed E-state index contributed by atoms with van der Waals surface area (Å²) in [6, 6.07) is 3.53. The van der Waals surface area contributed by atoms with E-state index < -0.39 is 5.82 Å². The number of rotatable bonds is 1. The van der Waals surface area contributed by atoms with Crippen LogP contribution >= 0.6 is 0 Å². The lowest BCUT2D eigenvalue weighted by Crippen LogP contribution is -2.41. The van der Waals surface area contributed by atoms with Crippen LogP contribution in [0.1, 0.15) is 10.4 Å². The third kappa shape index (κ3) is 2.14. The molecule has 1 aromatic rings. The number of phenolic OH excluding ortho intramolecular Hbond substituents is 1. The fourth-order valence-electron chi connectivity index (χ4n) is 1.61. The molecule has 2 rings (SSSR count). The molecule has 0 aliphatic carbocycles. The first-order valence-electron chi connectivity index (χ1n) is 5.04. The van der Waals surface area contributed by atoms with Crippen LogP contribution in [0.5, 0.6) is 5.75 Å². The minimum Gasteiger partial charge on any atom is -0.508 e. The van der Waals surface area contributed by atoms with Crippen molar-refractivity contribution >= 4 is 5.91 Å². The third-order valence-electron chi connectivity index (χ3n) is 2.48. The number of benzene rings is 1. The lowest BCUT2D eigenvalue weighted by molar-refractivity contribution is 0.0300. The molecule has 1 amide bonds. The second kappa shape index (κ2) is 4.49. The molecule has 0 radical (unpaired) electrons. The van der Waals surface area contributed by atoms with Gasteiger partial charge in [0.2, 0.25) is 0 Å². The summed E-state index contributed by atoms with van der Waals surface area (Å²) >= 11 is 0. The monoisotopic (exact) mass is 225 g/mol. The number of carbonyl (C=O) groups is 1. The van der Waals surface area contributed by atoms with Gasteiger partial charge in [0.05, 0.1) is 18.8 Å². The molecule has 1 aliphatic rings. The van der Waals surface area contributed by atoms with Gasteiger partial charge < -0.3 is 14.7 Å². The van der Waals surface area contributed by atoms with Crippen LogP contribution in [0, 0.1) is 5.82 Å². The molecule has 0 saturated carbocycles. The molecule has 5 heteroatoms. The highest BCUT2D eigenvalue weighted by Gasteiger charge is 2.21. The van der Waals surface area contributed by atoms with Crippen molar-refractivity contribution in [3.8, 4) is 5.75 Å². The summed E-state index contributed by atoms with van der Waals surface area (Å²) in [5, 5.41) is 9.04. The fourth-order valence-corrected chi connectivity index (χ4v) is 1.61. The zero-order chi connectivity index (χ0) is 11.5. The Morgan fingerprint density at radius 1 is 1.38 bits per heavy atom. The predicted molar refractivity (Wildman–Crippen MR) is 54.8 cm³/mol. The number of nitrogens with zero attached hydrogens (tertiary/aromatic N) is 1. The van der Waals surface area contributed by atoms with E-state index in [2.05, 4.69) is 0 Å². The highest BCUT2D eigenvalue weighted by molar-refractivity contribution is 5.94. The van der Waals surface area contributed by atoms with Crippen LogP contribution < -0.4 is 0 Å². The number of morpholine rings is 1. The Balaban J connectivity index is 2.19. The summed E-state index contributed by atoms with van der Waals surface area (Å²) in [5.41, 5.74) is -0.0142. The van der Waals surface area contributed by atoms with Crippen molar-refractivity contribution in [2.45, 2.75) is 0 Å². The zero-order valence-electron chi connectivity index (χ0n) is 8.65. The second-order valence-electron chi connectivity index (χ2n) is 3.57. The normalized spacial score (nSPS) is 16.2. The van der Waals surface area contributed by atoms with Crippen LogP contribution in [-0.2, 0) is 4.74 Å². The minimum absolute atomic E-state index is 0.0142. The topological polar surface area (TPSA) is 49.8 Å².